The van der Waals surface area contributed by atoms with E-state index in [2.05, 4.69) is 27.0 Å². The van der Waals surface area contributed by atoms with Gasteiger partial charge < -0.3 is 9.84 Å². The van der Waals surface area contributed by atoms with Gasteiger partial charge in [-0.05, 0) is 18.3 Å². The number of aliphatic carboxylic acids is 1. The van der Waals surface area contributed by atoms with Crippen LogP contribution in [-0.4, -0.2) is 23.7 Å². The molecule has 4 nitrogen and oxygen atoms in total. The van der Waals surface area contributed by atoms with Crippen LogP contribution in [0.15, 0.2) is 24.8 Å². The summed E-state index contributed by atoms with van der Waals surface area (Å²) in [6, 6.07) is 0. The number of carbonyl (C=O) groups excluding carboxylic acids is 1. The van der Waals surface area contributed by atoms with Crippen LogP contribution in [0.4, 0.5) is 0 Å². The number of carboxylic acids is 1. The van der Waals surface area contributed by atoms with E-state index in [-0.39, 0.29) is 5.97 Å². The number of esters is 1. The normalized spacial score (nSPS) is 11.1. The van der Waals surface area contributed by atoms with Crippen molar-refractivity contribution in [1.82, 2.24) is 0 Å². The highest BCUT2D eigenvalue weighted by atomic mass is 16.5. The molecule has 0 spiro atoms. The molecule has 0 aromatic rings. The summed E-state index contributed by atoms with van der Waals surface area (Å²) in [6.07, 6.45) is 6.35. The summed E-state index contributed by atoms with van der Waals surface area (Å²) in [7, 11) is 0. The van der Waals surface area contributed by atoms with Gasteiger partial charge in [-0.3, -0.25) is 0 Å². The highest BCUT2D eigenvalue weighted by molar-refractivity contribution is 5.85. The van der Waals surface area contributed by atoms with Gasteiger partial charge in [0, 0.05) is 11.6 Å². The summed E-state index contributed by atoms with van der Waals surface area (Å²) in [5.41, 5.74) is 0.350. The van der Waals surface area contributed by atoms with Gasteiger partial charge >= 0.3 is 11.9 Å². The molecule has 0 heterocycles. The smallest absolute Gasteiger partial charge is 0.330 e. The van der Waals surface area contributed by atoms with Crippen molar-refractivity contribution in [1.29, 1.82) is 0 Å². The van der Waals surface area contributed by atoms with Gasteiger partial charge in [0.1, 0.15) is 0 Å². The standard InChI is InChI=1S/C11H20O2.C7H12O2/c1-4-6-7-10(5-2)8-9(3)11(12)13;1-4-7(8)9-5-6(2)3/h10H,3-8H2,1-2H3,(H,12,13);4,6H,1,5H2,2-3H3. The molecule has 0 aliphatic heterocycles. The van der Waals surface area contributed by atoms with E-state index < -0.39 is 5.97 Å². The summed E-state index contributed by atoms with van der Waals surface area (Å²) >= 11 is 0. The Morgan fingerprint density at radius 3 is 2.23 bits per heavy atom. The minimum Gasteiger partial charge on any atom is -0.478 e. The van der Waals surface area contributed by atoms with Crippen molar-refractivity contribution in [2.45, 2.75) is 59.8 Å². The number of carboxylic acid groups (broad SMARTS) is 1. The molecule has 0 saturated carbocycles. The van der Waals surface area contributed by atoms with Gasteiger partial charge in [0.05, 0.1) is 6.61 Å². The molecule has 0 bridgehead atoms. The van der Waals surface area contributed by atoms with Crippen molar-refractivity contribution in [3.8, 4) is 0 Å². The maximum atomic E-state index is 10.5. The Morgan fingerprint density at radius 1 is 1.27 bits per heavy atom. The van der Waals surface area contributed by atoms with Crippen LogP contribution in [0.5, 0.6) is 0 Å². The van der Waals surface area contributed by atoms with E-state index in [1.165, 1.54) is 18.9 Å². The molecular formula is C18H32O4. The minimum atomic E-state index is -0.852. The maximum Gasteiger partial charge on any atom is 0.330 e. The average Bonchev–Trinajstić information content (AvgIpc) is 2.49. The first-order valence-electron chi connectivity index (χ1n) is 7.98. The average molecular weight is 312 g/mol. The summed E-state index contributed by atoms with van der Waals surface area (Å²) < 4.78 is 4.70. The van der Waals surface area contributed by atoms with Crippen molar-refractivity contribution in [2.75, 3.05) is 6.61 Å². The molecule has 0 aromatic carbocycles. The van der Waals surface area contributed by atoms with Gasteiger partial charge in [-0.1, -0.05) is 66.5 Å². The van der Waals surface area contributed by atoms with Gasteiger partial charge in [-0.15, -0.1) is 0 Å². The van der Waals surface area contributed by atoms with Crippen LogP contribution >= 0.6 is 0 Å². The summed E-state index contributed by atoms with van der Waals surface area (Å²) in [5.74, 6) is -0.295. The molecule has 128 valence electrons. The van der Waals surface area contributed by atoms with Crippen molar-refractivity contribution in [3.63, 3.8) is 0 Å². The second-order valence-corrected chi connectivity index (χ2v) is 5.76. The molecular weight excluding hydrogens is 280 g/mol. The summed E-state index contributed by atoms with van der Waals surface area (Å²) in [5, 5.41) is 8.65. The Balaban J connectivity index is 0. The second kappa shape index (κ2) is 14.4. The van der Waals surface area contributed by atoms with Crippen LogP contribution in [0.3, 0.4) is 0 Å². The SMILES string of the molecule is C=C(CC(CC)CCCC)C(=O)O.C=CC(=O)OCC(C)C. The zero-order valence-electron chi connectivity index (χ0n) is 14.6. The van der Waals surface area contributed by atoms with Gasteiger partial charge in [-0.25, -0.2) is 9.59 Å². The van der Waals surface area contributed by atoms with E-state index >= 15 is 0 Å². The van der Waals surface area contributed by atoms with Crippen molar-refractivity contribution < 1.29 is 19.4 Å². The number of rotatable bonds is 10. The van der Waals surface area contributed by atoms with E-state index in [9.17, 15) is 9.59 Å². The van der Waals surface area contributed by atoms with Crippen molar-refractivity contribution in [2.24, 2.45) is 11.8 Å². The third-order valence-corrected chi connectivity index (χ3v) is 3.11. The zero-order valence-corrected chi connectivity index (χ0v) is 14.6. The second-order valence-electron chi connectivity index (χ2n) is 5.76. The van der Waals surface area contributed by atoms with Crippen LogP contribution in [0.2, 0.25) is 0 Å². The fraction of sp³-hybridized carbons (Fsp3) is 0.667. The lowest BCUT2D eigenvalue weighted by molar-refractivity contribution is -0.138. The molecule has 22 heavy (non-hydrogen) atoms. The largest absolute Gasteiger partial charge is 0.478 e. The Hall–Kier alpha value is -1.58. The summed E-state index contributed by atoms with van der Waals surface area (Å²) in [4.78, 5) is 20.9. The van der Waals surface area contributed by atoms with Gasteiger partial charge in [0.25, 0.3) is 0 Å². The van der Waals surface area contributed by atoms with Crippen LogP contribution in [0.1, 0.15) is 59.8 Å². The quantitative estimate of drug-likeness (QED) is 0.473. The lowest BCUT2D eigenvalue weighted by Gasteiger charge is -2.13. The molecule has 0 aliphatic rings. The fourth-order valence-electron chi connectivity index (χ4n) is 1.69. The number of hydrogen-bond donors (Lipinski definition) is 1. The molecule has 0 saturated heterocycles. The number of carbonyl (C=O) groups is 2. The van der Waals surface area contributed by atoms with Crippen molar-refractivity contribution >= 4 is 11.9 Å². The highest BCUT2D eigenvalue weighted by Gasteiger charge is 2.11. The Bertz CT molecular complexity index is 345. The van der Waals surface area contributed by atoms with Crippen LogP contribution < -0.4 is 0 Å². The maximum absolute atomic E-state index is 10.5. The molecule has 0 rings (SSSR count). The number of hydrogen-bond acceptors (Lipinski definition) is 3. The number of ether oxygens (including phenoxy) is 1. The predicted octanol–water partition coefficient (Wildman–Crippen LogP) is 4.61. The Morgan fingerprint density at radius 2 is 1.86 bits per heavy atom. The molecule has 0 radical (unpaired) electrons. The van der Waals surface area contributed by atoms with Gasteiger partial charge in [0.15, 0.2) is 0 Å². The van der Waals surface area contributed by atoms with E-state index in [4.69, 9.17) is 9.84 Å². The first kappa shape index (κ1) is 22.7. The Kier molecular flexibility index (Phi) is 14.8. The first-order valence-corrected chi connectivity index (χ1v) is 7.98. The van der Waals surface area contributed by atoms with Crippen molar-refractivity contribution in [3.05, 3.63) is 24.8 Å². The molecule has 0 aromatic heterocycles. The first-order chi connectivity index (χ1) is 10.3. The third kappa shape index (κ3) is 14.8. The summed E-state index contributed by atoms with van der Waals surface area (Å²) in [6.45, 7) is 15.5. The fourth-order valence-corrected chi connectivity index (χ4v) is 1.69. The van der Waals surface area contributed by atoms with E-state index in [0.717, 1.165) is 12.8 Å². The molecule has 0 fully saturated rings. The topological polar surface area (TPSA) is 63.6 Å². The highest BCUT2D eigenvalue weighted by Crippen LogP contribution is 2.20. The van der Waals surface area contributed by atoms with Crippen LogP contribution in [0, 0.1) is 11.8 Å². The van der Waals surface area contributed by atoms with Crippen LogP contribution in [-0.2, 0) is 14.3 Å². The van der Waals surface area contributed by atoms with Gasteiger partial charge in [0.2, 0.25) is 0 Å². The third-order valence-electron chi connectivity index (χ3n) is 3.11. The predicted molar refractivity (Wildman–Crippen MR) is 90.7 cm³/mol. The van der Waals surface area contributed by atoms with E-state index in [0.29, 0.717) is 30.4 Å². The molecule has 1 atom stereocenters. The molecule has 1 unspecified atom stereocenters. The van der Waals surface area contributed by atoms with Crippen LogP contribution in [0.25, 0.3) is 0 Å². The molecule has 0 amide bonds. The van der Waals surface area contributed by atoms with E-state index in [1.54, 1.807) is 0 Å². The molecule has 0 aliphatic carbocycles. The molecule has 1 N–H and O–H groups in total. The molecule has 4 heteroatoms. The van der Waals surface area contributed by atoms with E-state index in [1.807, 2.05) is 13.8 Å². The van der Waals surface area contributed by atoms with Gasteiger partial charge in [-0.2, -0.15) is 0 Å². The lowest BCUT2D eigenvalue weighted by Crippen LogP contribution is -2.06. The monoisotopic (exact) mass is 312 g/mol. The Labute approximate surface area is 135 Å². The lowest BCUT2D eigenvalue weighted by atomic mass is 9.92. The minimum absolute atomic E-state index is 0.344. The number of unbranched alkanes of at least 4 members (excludes halogenated alkanes) is 1. The zero-order chi connectivity index (χ0) is 17.5.